The molecule has 112 valence electrons. The van der Waals surface area contributed by atoms with Crippen molar-refractivity contribution in [3.8, 4) is 6.07 Å². The minimum atomic E-state index is -0.714. The number of aryl methyl sites for hydroxylation is 1. The average Bonchev–Trinajstić information content (AvgIpc) is 2.98. The molecule has 0 unspecified atom stereocenters. The molecule has 8 heteroatoms. The van der Waals surface area contributed by atoms with Crippen molar-refractivity contribution in [2.24, 2.45) is 0 Å². The maximum Gasteiger partial charge on any atom is 0.287 e. The van der Waals surface area contributed by atoms with Crippen LogP contribution >= 0.6 is 11.3 Å². The van der Waals surface area contributed by atoms with Gasteiger partial charge in [-0.05, 0) is 18.6 Å². The molecule has 0 aliphatic carbocycles. The lowest BCUT2D eigenvalue weighted by Gasteiger charge is -2.04. The first-order chi connectivity index (χ1) is 10.5. The van der Waals surface area contributed by atoms with E-state index in [0.717, 1.165) is 28.1 Å². The number of nitrogens with zero attached hydrogens (tertiary/aromatic N) is 3. The van der Waals surface area contributed by atoms with Crippen LogP contribution in [0.4, 0.5) is 5.69 Å². The highest BCUT2D eigenvalue weighted by atomic mass is 32.1. The third-order valence-corrected chi connectivity index (χ3v) is 4.27. The van der Waals surface area contributed by atoms with Crippen LogP contribution in [0, 0.1) is 21.4 Å². The van der Waals surface area contributed by atoms with Gasteiger partial charge >= 0.3 is 0 Å². The Morgan fingerprint density at radius 3 is 2.77 bits per heavy atom. The summed E-state index contributed by atoms with van der Waals surface area (Å²) in [6.07, 6.45) is 1.78. The first-order valence-electron chi connectivity index (χ1n) is 6.37. The summed E-state index contributed by atoms with van der Waals surface area (Å²) in [4.78, 5) is 35.8. The van der Waals surface area contributed by atoms with Gasteiger partial charge in [-0.1, -0.05) is 6.92 Å². The van der Waals surface area contributed by atoms with Crippen LogP contribution in [0.15, 0.2) is 29.2 Å². The minimum absolute atomic E-state index is 0.323. The van der Waals surface area contributed by atoms with Crippen molar-refractivity contribution in [1.82, 2.24) is 4.57 Å². The molecule has 0 atom stereocenters. The lowest BCUT2D eigenvalue weighted by Crippen LogP contribution is -2.26. The number of aromatic nitrogens is 1. The van der Waals surface area contributed by atoms with Crippen LogP contribution < -0.4 is 5.56 Å². The third kappa shape index (κ3) is 3.10. The van der Waals surface area contributed by atoms with Gasteiger partial charge in [-0.15, -0.1) is 11.3 Å². The normalized spacial score (nSPS) is 10.2. The Balaban J connectivity index is 2.38. The highest BCUT2D eigenvalue weighted by molar-refractivity contribution is 7.14. The van der Waals surface area contributed by atoms with Crippen molar-refractivity contribution in [1.29, 1.82) is 5.26 Å². The van der Waals surface area contributed by atoms with E-state index in [0.29, 0.717) is 4.88 Å². The average molecular weight is 317 g/mol. The molecule has 0 radical (unpaired) electrons. The summed E-state index contributed by atoms with van der Waals surface area (Å²) < 4.78 is 0.907. The molecule has 22 heavy (non-hydrogen) atoms. The molecular weight excluding hydrogens is 306 g/mol. The van der Waals surface area contributed by atoms with E-state index in [1.54, 1.807) is 12.1 Å². The van der Waals surface area contributed by atoms with Crippen LogP contribution in [0.3, 0.4) is 0 Å². The number of nitro groups is 1. The zero-order chi connectivity index (χ0) is 16.3. The molecule has 0 N–H and O–H groups in total. The maximum atomic E-state index is 12.2. The van der Waals surface area contributed by atoms with Crippen LogP contribution in [0.25, 0.3) is 0 Å². The molecule has 0 bridgehead atoms. The molecule has 0 spiro atoms. The van der Waals surface area contributed by atoms with Gasteiger partial charge in [0.2, 0.25) is 0 Å². The van der Waals surface area contributed by atoms with Crippen LogP contribution in [0.5, 0.6) is 0 Å². The summed E-state index contributed by atoms with van der Waals surface area (Å²) in [7, 11) is 0. The zero-order valence-electron chi connectivity index (χ0n) is 11.6. The molecule has 0 aliphatic rings. The quantitative estimate of drug-likeness (QED) is 0.477. The van der Waals surface area contributed by atoms with Gasteiger partial charge in [-0.2, -0.15) is 5.26 Å². The van der Waals surface area contributed by atoms with Gasteiger partial charge in [0.05, 0.1) is 22.5 Å². The molecule has 2 aromatic rings. The van der Waals surface area contributed by atoms with Gasteiger partial charge in [0.15, 0.2) is 5.78 Å². The third-order valence-electron chi connectivity index (χ3n) is 3.00. The minimum Gasteiger partial charge on any atom is -0.300 e. The second-order valence-corrected chi connectivity index (χ2v) is 5.62. The number of thiophene rings is 1. The molecule has 0 fully saturated rings. The van der Waals surface area contributed by atoms with E-state index in [-0.39, 0.29) is 17.9 Å². The van der Waals surface area contributed by atoms with Crippen molar-refractivity contribution in [2.45, 2.75) is 19.9 Å². The van der Waals surface area contributed by atoms with Crippen molar-refractivity contribution in [2.75, 3.05) is 0 Å². The molecule has 0 saturated heterocycles. The number of Topliss-reactive ketones (excluding diaryl/α,β-unsaturated/α-hetero) is 1. The Morgan fingerprint density at radius 1 is 1.50 bits per heavy atom. The van der Waals surface area contributed by atoms with E-state index < -0.39 is 16.2 Å². The summed E-state index contributed by atoms with van der Waals surface area (Å²) in [5, 5.41) is 19.7. The number of nitriles is 1. The second-order valence-electron chi connectivity index (χ2n) is 4.46. The first-order valence-corrected chi connectivity index (χ1v) is 7.18. The topological polar surface area (TPSA) is 106 Å². The fourth-order valence-electron chi connectivity index (χ4n) is 1.87. The number of ketones is 1. The monoisotopic (exact) mass is 317 g/mol. The Kier molecular flexibility index (Phi) is 4.48. The smallest absolute Gasteiger partial charge is 0.287 e. The van der Waals surface area contributed by atoms with E-state index in [4.69, 9.17) is 5.26 Å². The second kappa shape index (κ2) is 6.32. The molecule has 0 aromatic carbocycles. The SMILES string of the molecule is CCc1ccc(C(=O)Cn2cc([N+](=O)[O-])cc(C#N)c2=O)s1. The standard InChI is InChI=1S/C14H11N3O4S/c1-2-11-3-4-13(22-11)12(18)8-16-7-10(17(20)21)5-9(6-15)14(16)19/h3-5,7H,2,8H2,1H3. The van der Waals surface area contributed by atoms with Crippen LogP contribution in [-0.2, 0) is 13.0 Å². The molecule has 2 rings (SSSR count). The highest BCUT2D eigenvalue weighted by Crippen LogP contribution is 2.18. The fourth-order valence-corrected chi connectivity index (χ4v) is 2.75. The number of rotatable bonds is 5. The van der Waals surface area contributed by atoms with Gasteiger partial charge in [0.1, 0.15) is 11.6 Å². The number of pyridine rings is 1. The van der Waals surface area contributed by atoms with Gasteiger partial charge in [-0.25, -0.2) is 0 Å². The summed E-state index contributed by atoms with van der Waals surface area (Å²) in [6, 6.07) is 6.01. The molecule has 2 heterocycles. The molecule has 0 aliphatic heterocycles. The fraction of sp³-hybridized carbons (Fsp3) is 0.214. The van der Waals surface area contributed by atoms with Crippen molar-refractivity contribution >= 4 is 22.8 Å². The number of carbonyl (C=O) groups excluding carboxylic acids is 1. The summed E-state index contributed by atoms with van der Waals surface area (Å²) in [5.74, 6) is -0.323. The predicted molar refractivity (Wildman–Crippen MR) is 80.1 cm³/mol. The lowest BCUT2D eigenvalue weighted by molar-refractivity contribution is -0.385. The molecule has 7 nitrogen and oxygen atoms in total. The van der Waals surface area contributed by atoms with E-state index in [1.807, 2.05) is 13.0 Å². The van der Waals surface area contributed by atoms with Crippen molar-refractivity contribution < 1.29 is 9.72 Å². The lowest BCUT2D eigenvalue weighted by atomic mass is 10.2. The first kappa shape index (κ1) is 15.6. The van der Waals surface area contributed by atoms with E-state index in [1.165, 1.54) is 11.3 Å². The Morgan fingerprint density at radius 2 is 2.23 bits per heavy atom. The number of hydrogen-bond acceptors (Lipinski definition) is 6. The van der Waals surface area contributed by atoms with Crippen LogP contribution in [0.2, 0.25) is 0 Å². The maximum absolute atomic E-state index is 12.2. The zero-order valence-corrected chi connectivity index (χ0v) is 12.4. The Bertz CT molecular complexity index is 845. The van der Waals surface area contributed by atoms with Crippen molar-refractivity contribution in [3.05, 3.63) is 60.2 Å². The van der Waals surface area contributed by atoms with Crippen molar-refractivity contribution in [3.63, 3.8) is 0 Å². The molecule has 0 amide bonds. The van der Waals surface area contributed by atoms with Gasteiger partial charge in [-0.3, -0.25) is 24.3 Å². The van der Waals surface area contributed by atoms with Gasteiger partial charge in [0, 0.05) is 10.9 Å². The van der Waals surface area contributed by atoms with E-state index >= 15 is 0 Å². The van der Waals surface area contributed by atoms with Gasteiger partial charge < -0.3 is 0 Å². The summed E-state index contributed by atoms with van der Waals surface area (Å²) >= 11 is 1.32. The predicted octanol–water partition coefficient (Wildman–Crippen LogP) is 2.13. The summed E-state index contributed by atoms with van der Waals surface area (Å²) in [5.41, 5.74) is -1.47. The molecule has 0 saturated carbocycles. The van der Waals surface area contributed by atoms with Crippen LogP contribution in [-0.4, -0.2) is 15.3 Å². The highest BCUT2D eigenvalue weighted by Gasteiger charge is 2.17. The molecule has 2 aromatic heterocycles. The largest absolute Gasteiger partial charge is 0.300 e. The number of hydrogen-bond donors (Lipinski definition) is 0. The Hall–Kier alpha value is -2.79. The Labute approximate surface area is 129 Å². The van der Waals surface area contributed by atoms with E-state index in [2.05, 4.69) is 0 Å². The van der Waals surface area contributed by atoms with E-state index in [9.17, 15) is 19.7 Å². The molecular formula is C14H11N3O4S. The summed E-state index contributed by atoms with van der Waals surface area (Å²) in [6.45, 7) is 1.63. The van der Waals surface area contributed by atoms with Gasteiger partial charge in [0.25, 0.3) is 11.2 Å². The number of carbonyl (C=O) groups is 1. The van der Waals surface area contributed by atoms with Crippen LogP contribution in [0.1, 0.15) is 27.0 Å².